The molecular weight excluding hydrogens is 228 g/mol. The van der Waals surface area contributed by atoms with Crippen molar-refractivity contribution in [2.45, 2.75) is 18.6 Å². The smallest absolute Gasteiger partial charge is 0.305 e. The number of carbonyl (C=O) groups is 1. The predicted molar refractivity (Wildman–Crippen MR) is 59.4 cm³/mol. The molecule has 0 aliphatic heterocycles. The lowest BCUT2D eigenvalue weighted by molar-refractivity contribution is -0.140. The molecule has 0 heterocycles. The van der Waals surface area contributed by atoms with Crippen LogP contribution in [0.25, 0.3) is 0 Å². The number of carbonyl (C=O) groups excluding carboxylic acids is 1. The van der Waals surface area contributed by atoms with E-state index < -0.39 is 11.1 Å². The molecule has 0 N–H and O–H groups in total. The molecular formula is C11H13O4S-. The van der Waals surface area contributed by atoms with Gasteiger partial charge >= 0.3 is 5.97 Å². The fourth-order valence-corrected chi connectivity index (χ4v) is 1.81. The van der Waals surface area contributed by atoms with Crippen LogP contribution in [0.3, 0.4) is 0 Å². The molecule has 0 radical (unpaired) electrons. The highest BCUT2D eigenvalue weighted by Crippen LogP contribution is 2.09. The van der Waals surface area contributed by atoms with Gasteiger partial charge in [-0.25, -0.2) is 0 Å². The van der Waals surface area contributed by atoms with Gasteiger partial charge in [-0.3, -0.25) is 9.00 Å². The summed E-state index contributed by atoms with van der Waals surface area (Å²) in [4.78, 5) is 10.9. The Morgan fingerprint density at radius 1 is 1.44 bits per heavy atom. The normalized spacial score (nSPS) is 12.1. The van der Waals surface area contributed by atoms with E-state index in [0.29, 0.717) is 12.8 Å². The van der Waals surface area contributed by atoms with E-state index in [4.69, 9.17) is 0 Å². The Labute approximate surface area is 96.9 Å². The Balaban J connectivity index is 2.60. The van der Waals surface area contributed by atoms with Gasteiger partial charge < -0.3 is 9.29 Å². The lowest BCUT2D eigenvalue weighted by Gasteiger charge is -2.07. The van der Waals surface area contributed by atoms with Gasteiger partial charge in [0.25, 0.3) is 0 Å². The van der Waals surface area contributed by atoms with Crippen molar-refractivity contribution in [2.24, 2.45) is 0 Å². The van der Waals surface area contributed by atoms with Crippen LogP contribution in [0.4, 0.5) is 0 Å². The molecule has 16 heavy (non-hydrogen) atoms. The van der Waals surface area contributed by atoms with E-state index in [2.05, 4.69) is 4.74 Å². The first-order valence-corrected chi connectivity index (χ1v) is 6.06. The quantitative estimate of drug-likeness (QED) is 0.573. The number of hydrogen-bond donors (Lipinski definition) is 0. The molecule has 0 aliphatic rings. The first-order chi connectivity index (χ1) is 7.61. The van der Waals surface area contributed by atoms with Crippen LogP contribution in [0.2, 0.25) is 0 Å². The van der Waals surface area contributed by atoms with E-state index in [9.17, 15) is 13.6 Å². The topological polar surface area (TPSA) is 66.4 Å². The van der Waals surface area contributed by atoms with Gasteiger partial charge in [0.2, 0.25) is 0 Å². The van der Waals surface area contributed by atoms with Crippen LogP contribution in [0.1, 0.15) is 17.5 Å². The van der Waals surface area contributed by atoms with Crippen molar-refractivity contribution in [3.8, 4) is 0 Å². The van der Waals surface area contributed by atoms with E-state index in [0.717, 1.165) is 11.1 Å². The molecule has 1 aromatic carbocycles. The summed E-state index contributed by atoms with van der Waals surface area (Å²) < 4.78 is 25.6. The van der Waals surface area contributed by atoms with Crippen LogP contribution in [0.5, 0.6) is 0 Å². The first-order valence-electron chi connectivity index (χ1n) is 4.82. The average Bonchev–Trinajstić information content (AvgIpc) is 2.25. The third kappa shape index (κ3) is 4.55. The van der Waals surface area contributed by atoms with E-state index in [1.54, 1.807) is 18.2 Å². The lowest BCUT2D eigenvalue weighted by Crippen LogP contribution is -2.02. The molecule has 0 bridgehead atoms. The molecule has 0 aromatic heterocycles. The van der Waals surface area contributed by atoms with Crippen molar-refractivity contribution in [3.05, 3.63) is 35.4 Å². The maximum Gasteiger partial charge on any atom is 0.305 e. The summed E-state index contributed by atoms with van der Waals surface area (Å²) in [6.07, 6.45) is 0.867. The van der Waals surface area contributed by atoms with Crippen LogP contribution >= 0.6 is 0 Å². The van der Waals surface area contributed by atoms with Crippen molar-refractivity contribution in [3.63, 3.8) is 0 Å². The summed E-state index contributed by atoms with van der Waals surface area (Å²) in [6.45, 7) is 0. The zero-order valence-corrected chi connectivity index (χ0v) is 9.79. The number of esters is 1. The Hall–Kier alpha value is -1.20. The summed E-state index contributed by atoms with van der Waals surface area (Å²) in [5.74, 6) is -0.260. The molecule has 0 saturated heterocycles. The summed E-state index contributed by atoms with van der Waals surface area (Å²) in [5.41, 5.74) is 1.67. The second kappa shape index (κ2) is 6.40. The fourth-order valence-electron chi connectivity index (χ4n) is 1.36. The van der Waals surface area contributed by atoms with E-state index in [1.807, 2.05) is 6.07 Å². The molecule has 0 spiro atoms. The van der Waals surface area contributed by atoms with Crippen LogP contribution in [0.15, 0.2) is 24.3 Å². The van der Waals surface area contributed by atoms with Crippen molar-refractivity contribution in [1.29, 1.82) is 0 Å². The van der Waals surface area contributed by atoms with E-state index >= 15 is 0 Å². The van der Waals surface area contributed by atoms with E-state index in [-0.39, 0.29) is 11.7 Å². The minimum atomic E-state index is -2.08. The van der Waals surface area contributed by atoms with Gasteiger partial charge in [0.15, 0.2) is 0 Å². The Morgan fingerprint density at radius 3 is 2.75 bits per heavy atom. The van der Waals surface area contributed by atoms with Crippen molar-refractivity contribution in [2.75, 3.05) is 7.11 Å². The molecule has 0 amide bonds. The van der Waals surface area contributed by atoms with Crippen molar-refractivity contribution < 1.29 is 18.3 Å². The highest BCUT2D eigenvalue weighted by Gasteiger charge is 2.02. The van der Waals surface area contributed by atoms with Crippen LogP contribution < -0.4 is 0 Å². The highest BCUT2D eigenvalue weighted by atomic mass is 32.2. The van der Waals surface area contributed by atoms with Crippen molar-refractivity contribution >= 4 is 17.0 Å². The van der Waals surface area contributed by atoms with E-state index in [1.165, 1.54) is 7.11 Å². The Kier molecular flexibility index (Phi) is 5.14. The first kappa shape index (κ1) is 12.9. The fraction of sp³-hybridized carbons (Fsp3) is 0.364. The van der Waals surface area contributed by atoms with Gasteiger partial charge in [-0.1, -0.05) is 35.3 Å². The van der Waals surface area contributed by atoms with Crippen LogP contribution in [-0.4, -0.2) is 21.8 Å². The number of hydrogen-bond acceptors (Lipinski definition) is 4. The monoisotopic (exact) mass is 241 g/mol. The highest BCUT2D eigenvalue weighted by molar-refractivity contribution is 7.78. The number of rotatable bonds is 5. The van der Waals surface area contributed by atoms with Crippen LogP contribution in [0, 0.1) is 0 Å². The minimum Gasteiger partial charge on any atom is -0.772 e. The molecule has 0 fully saturated rings. The zero-order chi connectivity index (χ0) is 12.0. The predicted octanol–water partition coefficient (Wildman–Crippen LogP) is 1.17. The van der Waals surface area contributed by atoms with Gasteiger partial charge in [0.1, 0.15) is 0 Å². The number of aryl methyl sites for hydroxylation is 1. The Bertz CT molecular complexity index is 389. The Morgan fingerprint density at radius 2 is 2.12 bits per heavy atom. The molecule has 1 rings (SSSR count). The second-order valence-corrected chi connectivity index (χ2v) is 4.24. The summed E-state index contributed by atoms with van der Waals surface area (Å²) in [7, 11) is 1.35. The maximum atomic E-state index is 10.9. The number of ether oxygens (including phenoxy) is 1. The number of benzene rings is 1. The molecule has 88 valence electrons. The molecule has 1 atom stereocenters. The summed E-state index contributed by atoms with van der Waals surface area (Å²) in [5, 5.41) is 0. The molecule has 5 heteroatoms. The molecule has 1 aromatic rings. The van der Waals surface area contributed by atoms with Crippen molar-refractivity contribution in [1.82, 2.24) is 0 Å². The minimum absolute atomic E-state index is 0.00602. The standard InChI is InChI=1S/C11H14O4S/c1-15-11(12)6-5-9-3-2-4-10(7-9)8-16(13)14/h2-4,7H,5-6,8H2,1H3,(H,13,14)/p-1. The SMILES string of the molecule is COC(=O)CCc1cccc(CS(=O)[O-])c1. The molecule has 0 saturated carbocycles. The van der Waals surface area contributed by atoms with Gasteiger partial charge in [-0.2, -0.15) is 0 Å². The summed E-state index contributed by atoms with van der Waals surface area (Å²) in [6, 6.07) is 7.19. The van der Waals surface area contributed by atoms with Gasteiger partial charge in [0.05, 0.1) is 7.11 Å². The zero-order valence-electron chi connectivity index (χ0n) is 8.97. The average molecular weight is 241 g/mol. The molecule has 1 unspecified atom stereocenters. The summed E-state index contributed by atoms with van der Waals surface area (Å²) >= 11 is -2.08. The molecule has 0 aliphatic carbocycles. The lowest BCUT2D eigenvalue weighted by atomic mass is 10.1. The molecule has 4 nitrogen and oxygen atoms in total. The van der Waals surface area contributed by atoms with Gasteiger partial charge in [0, 0.05) is 12.2 Å². The third-order valence-electron chi connectivity index (χ3n) is 2.12. The third-order valence-corrected chi connectivity index (χ3v) is 2.69. The van der Waals surface area contributed by atoms with Gasteiger partial charge in [-0.15, -0.1) is 0 Å². The second-order valence-electron chi connectivity index (χ2n) is 3.34. The van der Waals surface area contributed by atoms with Gasteiger partial charge in [-0.05, 0) is 17.5 Å². The maximum absolute atomic E-state index is 10.9. The number of methoxy groups -OCH3 is 1. The largest absolute Gasteiger partial charge is 0.772 e. The van der Waals surface area contributed by atoms with Crippen LogP contribution in [-0.2, 0) is 32.8 Å².